The Bertz CT molecular complexity index is 844. The first kappa shape index (κ1) is 20.1. The predicted octanol–water partition coefficient (Wildman–Crippen LogP) is 6.12. The molecule has 1 aromatic heterocycles. The summed E-state index contributed by atoms with van der Waals surface area (Å²) in [6.45, 7) is 2.81. The fourth-order valence-electron chi connectivity index (χ4n) is 3.33. The van der Waals surface area contributed by atoms with Crippen LogP contribution >= 0.6 is 0 Å². The molecule has 0 radical (unpaired) electrons. The van der Waals surface area contributed by atoms with E-state index in [1.54, 1.807) is 0 Å². The van der Waals surface area contributed by atoms with Gasteiger partial charge in [0.25, 0.3) is 0 Å². The number of pyridine rings is 1. The van der Waals surface area contributed by atoms with Crippen LogP contribution < -0.4 is 4.74 Å². The van der Waals surface area contributed by atoms with Crippen molar-refractivity contribution in [3.8, 4) is 17.0 Å². The first-order valence-electron chi connectivity index (χ1n) is 10.1. The summed E-state index contributed by atoms with van der Waals surface area (Å²) in [6, 6.07) is 25.1. The van der Waals surface area contributed by atoms with E-state index in [9.17, 15) is 0 Å². The van der Waals surface area contributed by atoms with Crippen molar-refractivity contribution in [2.24, 2.45) is 0 Å². The van der Waals surface area contributed by atoms with Crippen molar-refractivity contribution in [1.82, 2.24) is 9.88 Å². The summed E-state index contributed by atoms with van der Waals surface area (Å²) in [5.41, 5.74) is 4.43. The van der Waals surface area contributed by atoms with E-state index >= 15 is 0 Å². The molecule has 0 aliphatic heterocycles. The summed E-state index contributed by atoms with van der Waals surface area (Å²) in [5.74, 6) is 0.873. The summed E-state index contributed by atoms with van der Waals surface area (Å²) in [6.07, 6.45) is 3.54. The van der Waals surface area contributed by atoms with Crippen LogP contribution in [0.2, 0.25) is 0 Å². The van der Waals surface area contributed by atoms with Gasteiger partial charge in [-0.1, -0.05) is 56.2 Å². The molecule has 1 heterocycles. The number of ether oxygens (including phenoxy) is 1. The maximum atomic E-state index is 5.89. The van der Waals surface area contributed by atoms with Gasteiger partial charge in [-0.3, -0.25) is 4.98 Å². The molecule has 0 saturated heterocycles. The minimum absolute atomic E-state index is 0.355. The molecule has 3 heteroatoms. The maximum Gasteiger partial charge on any atom is 0.119 e. The Kier molecular flexibility index (Phi) is 7.21. The third kappa shape index (κ3) is 5.43. The van der Waals surface area contributed by atoms with Crippen molar-refractivity contribution in [3.05, 3.63) is 84.1 Å². The highest BCUT2D eigenvalue weighted by Crippen LogP contribution is 2.26. The average molecular weight is 375 g/mol. The lowest BCUT2D eigenvalue weighted by Gasteiger charge is -2.24. The highest BCUT2D eigenvalue weighted by molar-refractivity contribution is 5.60. The molecule has 0 saturated carbocycles. The van der Waals surface area contributed by atoms with Crippen LogP contribution in [0.1, 0.15) is 43.5 Å². The molecular weight excluding hydrogens is 344 g/mol. The van der Waals surface area contributed by atoms with Crippen LogP contribution in [0.25, 0.3) is 11.3 Å². The molecule has 3 aromatic rings. The lowest BCUT2D eigenvalue weighted by atomic mass is 10.0. The summed E-state index contributed by atoms with van der Waals surface area (Å²) < 4.78 is 5.89. The molecule has 0 fully saturated rings. The molecule has 0 aliphatic carbocycles. The van der Waals surface area contributed by atoms with Gasteiger partial charge in [-0.2, -0.15) is 0 Å². The van der Waals surface area contributed by atoms with Crippen LogP contribution in [0.15, 0.2) is 72.8 Å². The van der Waals surface area contributed by atoms with E-state index in [1.165, 1.54) is 18.4 Å². The molecule has 2 aromatic carbocycles. The third-order valence-electron chi connectivity index (χ3n) is 4.96. The summed E-state index contributed by atoms with van der Waals surface area (Å²) in [7, 11) is 4.26. The molecule has 1 unspecified atom stereocenters. The van der Waals surface area contributed by atoms with Gasteiger partial charge in [-0.05, 0) is 62.5 Å². The lowest BCUT2D eigenvalue weighted by molar-refractivity contribution is 0.273. The zero-order valence-electron chi connectivity index (χ0n) is 17.1. The molecule has 146 valence electrons. The highest BCUT2D eigenvalue weighted by atomic mass is 16.5. The summed E-state index contributed by atoms with van der Waals surface area (Å²) >= 11 is 0. The van der Waals surface area contributed by atoms with E-state index in [-0.39, 0.29) is 0 Å². The zero-order valence-corrected chi connectivity index (χ0v) is 17.1. The Morgan fingerprint density at radius 3 is 2.32 bits per heavy atom. The SMILES string of the molecule is CCCCC(c1cccc(-c2ccc(OCc3ccccc3)cc2)n1)N(C)C. The van der Waals surface area contributed by atoms with Crippen LogP contribution in [0.3, 0.4) is 0 Å². The summed E-state index contributed by atoms with van der Waals surface area (Å²) in [4.78, 5) is 7.22. The maximum absolute atomic E-state index is 5.89. The topological polar surface area (TPSA) is 25.4 Å². The van der Waals surface area contributed by atoms with Gasteiger partial charge in [0.15, 0.2) is 0 Å². The van der Waals surface area contributed by atoms with Crippen molar-refractivity contribution in [1.29, 1.82) is 0 Å². The molecule has 3 nitrogen and oxygen atoms in total. The molecule has 0 bridgehead atoms. The van der Waals surface area contributed by atoms with Crippen LogP contribution in [0.4, 0.5) is 0 Å². The first-order chi connectivity index (χ1) is 13.7. The van der Waals surface area contributed by atoms with E-state index in [0.29, 0.717) is 12.6 Å². The molecular formula is C25H30N2O. The quantitative estimate of drug-likeness (QED) is 0.451. The van der Waals surface area contributed by atoms with Crippen molar-refractivity contribution in [2.75, 3.05) is 14.1 Å². The highest BCUT2D eigenvalue weighted by Gasteiger charge is 2.15. The Hall–Kier alpha value is -2.65. The number of rotatable bonds is 9. The second-order valence-corrected chi connectivity index (χ2v) is 7.37. The Labute approximate surface area is 169 Å². The predicted molar refractivity (Wildman–Crippen MR) is 116 cm³/mol. The van der Waals surface area contributed by atoms with E-state index in [2.05, 4.69) is 68.4 Å². The van der Waals surface area contributed by atoms with Gasteiger partial charge in [0.05, 0.1) is 17.4 Å². The smallest absolute Gasteiger partial charge is 0.119 e. The molecule has 0 spiro atoms. The first-order valence-corrected chi connectivity index (χ1v) is 10.1. The standard InChI is InChI=1S/C25H30N2O/c1-4-5-14-25(27(2)3)24-13-9-12-23(26-24)21-15-17-22(18-16-21)28-19-20-10-7-6-8-11-20/h6-13,15-18,25H,4-5,14,19H2,1-3H3. The Morgan fingerprint density at radius 1 is 0.893 bits per heavy atom. The number of unbranched alkanes of at least 4 members (excludes halogenated alkanes) is 1. The zero-order chi connectivity index (χ0) is 19.8. The van der Waals surface area contributed by atoms with E-state index < -0.39 is 0 Å². The van der Waals surface area contributed by atoms with Gasteiger partial charge in [0.2, 0.25) is 0 Å². The fraction of sp³-hybridized carbons (Fsp3) is 0.320. The second kappa shape index (κ2) is 10.0. The van der Waals surface area contributed by atoms with Gasteiger partial charge in [0, 0.05) is 5.56 Å². The Morgan fingerprint density at radius 2 is 1.64 bits per heavy atom. The number of hydrogen-bond acceptors (Lipinski definition) is 3. The normalized spacial score (nSPS) is 12.1. The van der Waals surface area contributed by atoms with Crippen molar-refractivity contribution in [3.63, 3.8) is 0 Å². The fourth-order valence-corrected chi connectivity index (χ4v) is 3.33. The summed E-state index contributed by atoms with van der Waals surface area (Å²) in [5, 5.41) is 0. The minimum atomic E-state index is 0.355. The van der Waals surface area contributed by atoms with Crippen LogP contribution in [-0.4, -0.2) is 24.0 Å². The van der Waals surface area contributed by atoms with Gasteiger partial charge in [0.1, 0.15) is 12.4 Å². The number of nitrogens with zero attached hydrogens (tertiary/aromatic N) is 2. The average Bonchev–Trinajstić information content (AvgIpc) is 2.74. The lowest BCUT2D eigenvalue weighted by Crippen LogP contribution is -2.21. The number of hydrogen-bond donors (Lipinski definition) is 0. The van der Waals surface area contributed by atoms with E-state index in [4.69, 9.17) is 9.72 Å². The van der Waals surface area contributed by atoms with Gasteiger partial charge in [-0.25, -0.2) is 0 Å². The Balaban J connectivity index is 1.71. The second-order valence-electron chi connectivity index (χ2n) is 7.37. The number of aromatic nitrogens is 1. The van der Waals surface area contributed by atoms with Crippen LogP contribution in [0.5, 0.6) is 5.75 Å². The van der Waals surface area contributed by atoms with Crippen molar-refractivity contribution < 1.29 is 4.74 Å². The molecule has 1 atom stereocenters. The molecule has 28 heavy (non-hydrogen) atoms. The van der Waals surface area contributed by atoms with E-state index in [0.717, 1.165) is 29.1 Å². The van der Waals surface area contributed by atoms with Crippen LogP contribution in [0, 0.1) is 0 Å². The third-order valence-corrected chi connectivity index (χ3v) is 4.96. The monoisotopic (exact) mass is 374 g/mol. The van der Waals surface area contributed by atoms with Gasteiger partial charge in [-0.15, -0.1) is 0 Å². The van der Waals surface area contributed by atoms with Gasteiger partial charge >= 0.3 is 0 Å². The largest absolute Gasteiger partial charge is 0.489 e. The van der Waals surface area contributed by atoms with Crippen molar-refractivity contribution in [2.45, 2.75) is 38.8 Å². The number of benzene rings is 2. The van der Waals surface area contributed by atoms with Gasteiger partial charge < -0.3 is 9.64 Å². The van der Waals surface area contributed by atoms with E-state index in [1.807, 2.05) is 30.3 Å². The molecule has 0 amide bonds. The van der Waals surface area contributed by atoms with Crippen LogP contribution in [-0.2, 0) is 6.61 Å². The molecule has 3 rings (SSSR count). The molecule has 0 aliphatic rings. The van der Waals surface area contributed by atoms with Crippen molar-refractivity contribution >= 4 is 0 Å². The minimum Gasteiger partial charge on any atom is -0.489 e. The molecule has 0 N–H and O–H groups in total.